The van der Waals surface area contributed by atoms with Gasteiger partial charge in [-0.1, -0.05) is 38.1 Å². The third kappa shape index (κ3) is 4.39. The molecule has 0 aliphatic carbocycles. The summed E-state index contributed by atoms with van der Waals surface area (Å²) < 4.78 is 1.15. The van der Waals surface area contributed by atoms with Gasteiger partial charge in [-0.2, -0.15) is 0 Å². The zero-order valence-corrected chi connectivity index (χ0v) is 15.2. The molecule has 114 valence electrons. The van der Waals surface area contributed by atoms with E-state index < -0.39 is 0 Å². The Balaban J connectivity index is 2.10. The van der Waals surface area contributed by atoms with Gasteiger partial charge < -0.3 is 5.73 Å². The molecule has 0 bridgehead atoms. The first kappa shape index (κ1) is 16.7. The molecular formula is C17H23BrN2S. The number of rotatable bonds is 6. The van der Waals surface area contributed by atoms with Crippen molar-refractivity contribution < 1.29 is 0 Å². The molecule has 2 nitrogen and oxygen atoms in total. The van der Waals surface area contributed by atoms with Crippen LogP contribution in [0.4, 0.5) is 0 Å². The van der Waals surface area contributed by atoms with Gasteiger partial charge >= 0.3 is 0 Å². The molecule has 2 N–H and O–H groups in total. The van der Waals surface area contributed by atoms with E-state index in [1.807, 2.05) is 0 Å². The molecule has 0 fully saturated rings. The van der Waals surface area contributed by atoms with Gasteiger partial charge in [-0.3, -0.25) is 4.90 Å². The summed E-state index contributed by atoms with van der Waals surface area (Å²) >= 11 is 5.29. The van der Waals surface area contributed by atoms with Gasteiger partial charge in [-0.25, -0.2) is 0 Å². The summed E-state index contributed by atoms with van der Waals surface area (Å²) in [5.41, 5.74) is 8.68. The van der Waals surface area contributed by atoms with Crippen molar-refractivity contribution in [3.8, 4) is 0 Å². The van der Waals surface area contributed by atoms with Crippen LogP contribution < -0.4 is 5.73 Å². The maximum absolute atomic E-state index is 6.01. The van der Waals surface area contributed by atoms with Crippen LogP contribution in [0.5, 0.6) is 0 Å². The summed E-state index contributed by atoms with van der Waals surface area (Å²) in [5, 5.41) is 2.12. The smallest absolute Gasteiger partial charge is 0.0471 e. The van der Waals surface area contributed by atoms with Gasteiger partial charge in [0.2, 0.25) is 0 Å². The first-order valence-corrected chi connectivity index (χ1v) is 8.91. The highest BCUT2D eigenvalue weighted by molar-refractivity contribution is 9.10. The molecule has 2 rings (SSSR count). The lowest BCUT2D eigenvalue weighted by atomic mass is 9.98. The summed E-state index contributed by atoms with van der Waals surface area (Å²) in [7, 11) is 2.14. The molecule has 1 heterocycles. The zero-order chi connectivity index (χ0) is 15.4. The monoisotopic (exact) mass is 366 g/mol. The molecule has 4 heteroatoms. The Morgan fingerprint density at radius 1 is 1.19 bits per heavy atom. The molecule has 2 aromatic rings. The van der Waals surface area contributed by atoms with Gasteiger partial charge in [0.05, 0.1) is 0 Å². The Morgan fingerprint density at radius 2 is 1.81 bits per heavy atom. The van der Waals surface area contributed by atoms with Gasteiger partial charge in [0.1, 0.15) is 0 Å². The minimum absolute atomic E-state index is 0.257. The summed E-state index contributed by atoms with van der Waals surface area (Å²) in [6.45, 7) is 5.99. The van der Waals surface area contributed by atoms with Crippen molar-refractivity contribution in [3.05, 3.63) is 56.2 Å². The molecule has 1 atom stereocenters. The van der Waals surface area contributed by atoms with Gasteiger partial charge in [0.15, 0.2) is 0 Å². The Labute approximate surface area is 140 Å². The summed E-state index contributed by atoms with van der Waals surface area (Å²) in [6.07, 6.45) is 0. The lowest BCUT2D eigenvalue weighted by Crippen LogP contribution is -2.29. The number of benzene rings is 1. The SMILES string of the molecule is CC(C)c1ccc(C(CN)N(C)Cc2cc(Br)cs2)cc1. The minimum Gasteiger partial charge on any atom is -0.329 e. The molecule has 0 aliphatic heterocycles. The van der Waals surface area contributed by atoms with Crippen molar-refractivity contribution in [1.82, 2.24) is 4.90 Å². The molecule has 0 saturated carbocycles. The highest BCUT2D eigenvalue weighted by Crippen LogP contribution is 2.26. The van der Waals surface area contributed by atoms with Gasteiger partial charge in [-0.05, 0) is 46.1 Å². The van der Waals surface area contributed by atoms with E-state index in [-0.39, 0.29) is 6.04 Å². The molecule has 21 heavy (non-hydrogen) atoms. The number of hydrogen-bond donors (Lipinski definition) is 1. The van der Waals surface area contributed by atoms with E-state index in [1.165, 1.54) is 16.0 Å². The van der Waals surface area contributed by atoms with E-state index in [2.05, 4.69) is 77.4 Å². The van der Waals surface area contributed by atoms with Crippen LogP contribution in [-0.2, 0) is 6.54 Å². The van der Waals surface area contributed by atoms with Crippen LogP contribution in [0.3, 0.4) is 0 Å². The van der Waals surface area contributed by atoms with E-state index in [4.69, 9.17) is 5.73 Å². The predicted octanol–water partition coefficient (Wildman–Crippen LogP) is 4.77. The number of thiophene rings is 1. The standard InChI is InChI=1S/C17H23BrN2S/c1-12(2)13-4-6-14(7-5-13)17(9-19)20(3)10-16-8-15(18)11-21-16/h4-8,11-12,17H,9-10,19H2,1-3H3. The number of hydrogen-bond acceptors (Lipinski definition) is 3. The molecule has 1 aromatic carbocycles. The molecule has 0 radical (unpaired) electrons. The van der Waals surface area contributed by atoms with Crippen molar-refractivity contribution in [1.29, 1.82) is 0 Å². The second-order valence-electron chi connectivity index (χ2n) is 5.72. The summed E-state index contributed by atoms with van der Waals surface area (Å²) in [4.78, 5) is 3.67. The van der Waals surface area contributed by atoms with E-state index >= 15 is 0 Å². The average molecular weight is 367 g/mol. The van der Waals surface area contributed by atoms with Crippen LogP contribution in [0.2, 0.25) is 0 Å². The maximum atomic E-state index is 6.01. The number of halogens is 1. The van der Waals surface area contributed by atoms with E-state index in [9.17, 15) is 0 Å². The topological polar surface area (TPSA) is 29.3 Å². The average Bonchev–Trinajstić information content (AvgIpc) is 2.85. The first-order valence-electron chi connectivity index (χ1n) is 7.24. The Morgan fingerprint density at radius 3 is 2.29 bits per heavy atom. The summed E-state index contributed by atoms with van der Waals surface area (Å²) in [5.74, 6) is 0.566. The molecule has 0 amide bonds. The van der Waals surface area contributed by atoms with Gasteiger partial charge in [0.25, 0.3) is 0 Å². The molecular weight excluding hydrogens is 344 g/mol. The first-order chi connectivity index (χ1) is 10.0. The maximum Gasteiger partial charge on any atom is 0.0471 e. The van der Waals surface area contributed by atoms with Crippen LogP contribution >= 0.6 is 27.3 Å². The quantitative estimate of drug-likeness (QED) is 0.797. The van der Waals surface area contributed by atoms with Crippen LogP contribution in [0, 0.1) is 0 Å². The van der Waals surface area contributed by atoms with Crippen molar-refractivity contribution >= 4 is 27.3 Å². The molecule has 1 unspecified atom stereocenters. The van der Waals surface area contributed by atoms with Gasteiger partial charge in [-0.15, -0.1) is 11.3 Å². The van der Waals surface area contributed by atoms with E-state index in [0.717, 1.165) is 11.0 Å². The second-order valence-corrected chi connectivity index (χ2v) is 7.63. The Kier molecular flexibility index (Phi) is 5.99. The van der Waals surface area contributed by atoms with Crippen LogP contribution in [0.15, 0.2) is 40.2 Å². The van der Waals surface area contributed by atoms with Crippen molar-refractivity contribution in [2.24, 2.45) is 5.73 Å². The lowest BCUT2D eigenvalue weighted by Gasteiger charge is -2.27. The van der Waals surface area contributed by atoms with Crippen molar-refractivity contribution in [2.75, 3.05) is 13.6 Å². The fourth-order valence-electron chi connectivity index (χ4n) is 2.47. The second kappa shape index (κ2) is 7.54. The highest BCUT2D eigenvalue weighted by Gasteiger charge is 2.16. The van der Waals surface area contributed by atoms with E-state index in [0.29, 0.717) is 12.5 Å². The highest BCUT2D eigenvalue weighted by atomic mass is 79.9. The summed E-state index contributed by atoms with van der Waals surface area (Å²) in [6, 6.07) is 11.3. The number of likely N-dealkylation sites (N-methyl/N-ethyl adjacent to an activating group) is 1. The van der Waals surface area contributed by atoms with Crippen molar-refractivity contribution in [3.63, 3.8) is 0 Å². The third-order valence-electron chi connectivity index (χ3n) is 3.77. The van der Waals surface area contributed by atoms with Gasteiger partial charge in [0, 0.05) is 33.9 Å². The molecule has 0 aliphatic rings. The number of nitrogens with zero attached hydrogens (tertiary/aromatic N) is 1. The number of nitrogens with two attached hydrogens (primary N) is 1. The zero-order valence-electron chi connectivity index (χ0n) is 12.8. The third-order valence-corrected chi connectivity index (χ3v) is 5.45. The van der Waals surface area contributed by atoms with Crippen LogP contribution in [0.25, 0.3) is 0 Å². The predicted molar refractivity (Wildman–Crippen MR) is 95.8 cm³/mol. The fraction of sp³-hybridized carbons (Fsp3) is 0.412. The Bertz CT molecular complexity index is 562. The lowest BCUT2D eigenvalue weighted by molar-refractivity contribution is 0.244. The molecule has 0 saturated heterocycles. The Hall–Kier alpha value is -0.680. The minimum atomic E-state index is 0.257. The fourth-order valence-corrected chi connectivity index (χ4v) is 3.98. The van der Waals surface area contributed by atoms with Crippen LogP contribution in [0.1, 0.15) is 41.8 Å². The van der Waals surface area contributed by atoms with Crippen molar-refractivity contribution in [2.45, 2.75) is 32.4 Å². The molecule has 0 spiro atoms. The molecule has 1 aromatic heterocycles. The normalized spacial score (nSPS) is 13.1. The van der Waals surface area contributed by atoms with Crippen LogP contribution in [-0.4, -0.2) is 18.5 Å². The largest absolute Gasteiger partial charge is 0.329 e. The van der Waals surface area contributed by atoms with E-state index in [1.54, 1.807) is 11.3 Å².